The van der Waals surface area contributed by atoms with Crippen LogP contribution in [0.25, 0.3) is 0 Å². The van der Waals surface area contributed by atoms with Crippen LogP contribution in [0.3, 0.4) is 0 Å². The van der Waals surface area contributed by atoms with Crippen LogP contribution in [0.1, 0.15) is 0 Å². The van der Waals surface area contributed by atoms with E-state index >= 15 is 0 Å². The Kier molecular flexibility index (Phi) is 6.28. The number of nitrogens with one attached hydrogen (secondary N) is 4. The molecule has 0 saturated carbocycles. The standard InChI is InChI=1S/C9H5Cl3N4.C3H3N3O3/c10-5-3-1-2-4-6(5)13-9-15-7(11)14-8(12)16-9;7-1-4-2(8)6-3(9)5-1/h1-4H,(H,13,14,15,16);(H3,4,5,6,7,8,9). The van der Waals surface area contributed by atoms with Crippen molar-refractivity contribution in [3.63, 3.8) is 0 Å². The first-order chi connectivity index (χ1) is 11.8. The fourth-order valence-corrected chi connectivity index (χ4v) is 2.01. The number of benzene rings is 1. The highest BCUT2D eigenvalue weighted by molar-refractivity contribution is 6.33. The maximum atomic E-state index is 10.2. The normalized spacial score (nSPS) is 9.88. The maximum Gasteiger partial charge on any atom is 0.330 e. The molecule has 0 aliphatic rings. The monoisotopic (exact) mass is 403 g/mol. The van der Waals surface area contributed by atoms with E-state index < -0.39 is 17.1 Å². The second-order valence-corrected chi connectivity index (χ2v) is 5.25. The Hall–Kier alpha value is -2.69. The van der Waals surface area contributed by atoms with Crippen molar-refractivity contribution in [2.24, 2.45) is 0 Å². The number of aromatic amines is 3. The van der Waals surface area contributed by atoms with Crippen LogP contribution < -0.4 is 22.4 Å². The van der Waals surface area contributed by atoms with Crippen LogP contribution in [0.4, 0.5) is 11.6 Å². The molecule has 0 fully saturated rings. The van der Waals surface area contributed by atoms with Crippen molar-refractivity contribution < 1.29 is 0 Å². The van der Waals surface area contributed by atoms with Crippen LogP contribution in [0.2, 0.25) is 15.6 Å². The summed E-state index contributed by atoms with van der Waals surface area (Å²) in [7, 11) is 0. The van der Waals surface area contributed by atoms with Gasteiger partial charge in [0.2, 0.25) is 16.5 Å². The summed E-state index contributed by atoms with van der Waals surface area (Å²) < 4.78 is 0. The Bertz CT molecular complexity index is 948. The molecule has 0 saturated heterocycles. The number of para-hydroxylation sites is 1. The first kappa shape index (κ1) is 18.6. The number of halogens is 3. The second-order valence-electron chi connectivity index (χ2n) is 4.16. The Labute approximate surface area is 153 Å². The van der Waals surface area contributed by atoms with E-state index in [-0.39, 0.29) is 16.5 Å². The van der Waals surface area contributed by atoms with Gasteiger partial charge in [-0.25, -0.2) is 14.4 Å². The van der Waals surface area contributed by atoms with Gasteiger partial charge in [-0.1, -0.05) is 23.7 Å². The molecule has 130 valence electrons. The molecule has 0 aliphatic heterocycles. The van der Waals surface area contributed by atoms with Crippen molar-refractivity contribution in [3.8, 4) is 0 Å². The third-order valence-electron chi connectivity index (χ3n) is 2.38. The predicted molar refractivity (Wildman–Crippen MR) is 92.9 cm³/mol. The fourth-order valence-electron chi connectivity index (χ4n) is 1.47. The van der Waals surface area contributed by atoms with E-state index in [0.29, 0.717) is 10.7 Å². The zero-order valence-corrected chi connectivity index (χ0v) is 14.3. The average Bonchev–Trinajstić information content (AvgIpc) is 2.48. The molecule has 10 nitrogen and oxygen atoms in total. The number of aromatic nitrogens is 6. The first-order valence-corrected chi connectivity index (χ1v) is 7.48. The van der Waals surface area contributed by atoms with Crippen molar-refractivity contribution >= 4 is 46.4 Å². The number of nitrogens with zero attached hydrogens (tertiary/aromatic N) is 3. The lowest BCUT2D eigenvalue weighted by atomic mass is 10.3. The summed E-state index contributed by atoms with van der Waals surface area (Å²) in [5.41, 5.74) is -1.74. The van der Waals surface area contributed by atoms with Gasteiger partial charge in [-0.05, 0) is 35.3 Å². The van der Waals surface area contributed by atoms with E-state index in [1.807, 2.05) is 12.1 Å². The number of H-pyrrole nitrogens is 3. The van der Waals surface area contributed by atoms with Gasteiger partial charge in [0.1, 0.15) is 0 Å². The molecule has 0 atom stereocenters. The van der Waals surface area contributed by atoms with Gasteiger partial charge in [-0.15, -0.1) is 0 Å². The Morgan fingerprint density at radius 1 is 0.760 bits per heavy atom. The summed E-state index contributed by atoms with van der Waals surface area (Å²) in [4.78, 5) is 47.3. The van der Waals surface area contributed by atoms with E-state index in [0.717, 1.165) is 0 Å². The number of rotatable bonds is 2. The van der Waals surface area contributed by atoms with Crippen molar-refractivity contribution in [2.75, 3.05) is 5.32 Å². The maximum absolute atomic E-state index is 10.2. The molecule has 0 aliphatic carbocycles. The molecule has 4 N–H and O–H groups in total. The zero-order chi connectivity index (χ0) is 18.4. The van der Waals surface area contributed by atoms with Gasteiger partial charge >= 0.3 is 17.1 Å². The predicted octanol–water partition coefficient (Wildman–Crippen LogP) is 1.33. The molecule has 13 heteroatoms. The third-order valence-corrected chi connectivity index (χ3v) is 3.05. The van der Waals surface area contributed by atoms with Crippen molar-refractivity contribution in [3.05, 3.63) is 71.3 Å². The topological polar surface area (TPSA) is 149 Å². The molecule has 0 amide bonds. The highest BCUT2D eigenvalue weighted by Crippen LogP contribution is 2.23. The van der Waals surface area contributed by atoms with Gasteiger partial charge in [0.25, 0.3) is 0 Å². The molecular formula is C12H8Cl3N7O3. The van der Waals surface area contributed by atoms with E-state index in [4.69, 9.17) is 34.8 Å². The molecule has 25 heavy (non-hydrogen) atoms. The molecule has 0 unspecified atom stereocenters. The van der Waals surface area contributed by atoms with Gasteiger partial charge in [0, 0.05) is 0 Å². The van der Waals surface area contributed by atoms with Gasteiger partial charge in [-0.2, -0.15) is 15.0 Å². The Balaban J connectivity index is 0.000000212. The molecule has 1 aromatic carbocycles. The van der Waals surface area contributed by atoms with Gasteiger partial charge in [0.15, 0.2) is 0 Å². The molecule has 2 aromatic heterocycles. The van der Waals surface area contributed by atoms with Gasteiger partial charge in [0.05, 0.1) is 10.7 Å². The quantitative estimate of drug-likeness (QED) is 0.503. The summed E-state index contributed by atoms with van der Waals surface area (Å²) in [6, 6.07) is 7.18. The minimum absolute atomic E-state index is 0.0227. The fraction of sp³-hybridized carbons (Fsp3) is 0. The smallest absolute Gasteiger partial charge is 0.323 e. The van der Waals surface area contributed by atoms with E-state index in [2.05, 4.69) is 20.3 Å². The van der Waals surface area contributed by atoms with Crippen LogP contribution in [0.15, 0.2) is 38.6 Å². The van der Waals surface area contributed by atoms with E-state index in [1.165, 1.54) is 0 Å². The summed E-state index contributed by atoms with van der Waals surface area (Å²) in [6.07, 6.45) is 0. The van der Waals surface area contributed by atoms with Crippen molar-refractivity contribution in [1.82, 2.24) is 29.9 Å². The first-order valence-electron chi connectivity index (χ1n) is 6.35. The van der Waals surface area contributed by atoms with Crippen LogP contribution in [-0.2, 0) is 0 Å². The lowest BCUT2D eigenvalue weighted by Gasteiger charge is -2.06. The lowest BCUT2D eigenvalue weighted by Crippen LogP contribution is -2.34. The van der Waals surface area contributed by atoms with Crippen LogP contribution in [0.5, 0.6) is 0 Å². The number of anilines is 2. The third kappa shape index (κ3) is 6.03. The van der Waals surface area contributed by atoms with Crippen LogP contribution in [0, 0.1) is 0 Å². The summed E-state index contributed by atoms with van der Waals surface area (Å²) in [6.45, 7) is 0. The number of hydrogen-bond donors (Lipinski definition) is 4. The molecule has 3 rings (SSSR count). The zero-order valence-electron chi connectivity index (χ0n) is 12.0. The summed E-state index contributed by atoms with van der Waals surface area (Å²) in [5.74, 6) is 0.248. The molecule has 0 spiro atoms. The van der Waals surface area contributed by atoms with Gasteiger partial charge in [-0.3, -0.25) is 15.0 Å². The Morgan fingerprint density at radius 2 is 1.24 bits per heavy atom. The molecule has 0 radical (unpaired) electrons. The largest absolute Gasteiger partial charge is 0.330 e. The van der Waals surface area contributed by atoms with Crippen molar-refractivity contribution in [1.29, 1.82) is 0 Å². The van der Waals surface area contributed by atoms with Gasteiger partial charge < -0.3 is 5.32 Å². The lowest BCUT2D eigenvalue weighted by molar-refractivity contribution is 0.888. The van der Waals surface area contributed by atoms with Crippen molar-refractivity contribution in [2.45, 2.75) is 0 Å². The minimum Gasteiger partial charge on any atom is -0.323 e. The highest BCUT2D eigenvalue weighted by Gasteiger charge is 2.05. The average molecular weight is 405 g/mol. The molecule has 2 heterocycles. The van der Waals surface area contributed by atoms with Crippen LogP contribution in [-0.4, -0.2) is 29.9 Å². The highest BCUT2D eigenvalue weighted by atomic mass is 35.5. The molecular weight excluding hydrogens is 397 g/mol. The Morgan fingerprint density at radius 3 is 1.72 bits per heavy atom. The van der Waals surface area contributed by atoms with E-state index in [9.17, 15) is 14.4 Å². The summed E-state index contributed by atoms with van der Waals surface area (Å²) in [5, 5.41) is 3.49. The SMILES string of the molecule is Clc1nc(Cl)nc(Nc2ccccc2Cl)n1.O=c1[nH]c(=O)[nH]c(=O)[nH]1. The molecule has 3 aromatic rings. The van der Waals surface area contributed by atoms with E-state index in [1.54, 1.807) is 27.1 Å². The number of hydrogen-bond acceptors (Lipinski definition) is 7. The minimum atomic E-state index is -0.802. The van der Waals surface area contributed by atoms with Crippen LogP contribution >= 0.6 is 34.8 Å². The molecule has 0 bridgehead atoms. The summed E-state index contributed by atoms with van der Waals surface area (Å²) >= 11 is 17.2. The second kappa shape index (κ2) is 8.42.